The fraction of sp³-hybridized carbons (Fsp3) is 0.250. The van der Waals surface area contributed by atoms with Crippen molar-refractivity contribution in [2.24, 2.45) is 0 Å². The molecule has 0 aliphatic rings. The van der Waals surface area contributed by atoms with Gasteiger partial charge in [-0.2, -0.15) is 8.42 Å². The number of aliphatic hydroxyl groups excluding tert-OH is 2. The van der Waals surface area contributed by atoms with Crippen LogP contribution < -0.4 is 0 Å². The van der Waals surface area contributed by atoms with Gasteiger partial charge in [-0.05, 0) is 0 Å². The van der Waals surface area contributed by atoms with Gasteiger partial charge in [-0.1, -0.05) is 11.8 Å². The van der Waals surface area contributed by atoms with Gasteiger partial charge in [0.2, 0.25) is 0 Å². The molecule has 12 heteroatoms. The monoisotopic (exact) mass is 376 g/mol. The first-order valence-electron chi connectivity index (χ1n) is 5.52. The molecule has 0 aromatic heterocycles. The van der Waals surface area contributed by atoms with Crippen molar-refractivity contribution in [3.8, 4) is 11.8 Å². The van der Waals surface area contributed by atoms with Crippen LogP contribution in [0.2, 0.25) is 0 Å². The number of halogens is 4. The fourth-order valence-corrected chi connectivity index (χ4v) is 0.873. The van der Waals surface area contributed by atoms with Crippen LogP contribution in [0.5, 0.6) is 0 Å². The van der Waals surface area contributed by atoms with E-state index in [-0.39, 0.29) is 19.3 Å². The van der Waals surface area contributed by atoms with Gasteiger partial charge in [-0.15, -0.1) is 0 Å². The predicted molar refractivity (Wildman–Crippen MR) is 72.7 cm³/mol. The Bertz CT molecular complexity index is 681. The number of carboxylic acid groups (broad SMARTS) is 1. The molecule has 24 heavy (non-hydrogen) atoms. The second kappa shape index (κ2) is 11.4. The highest BCUT2D eigenvalue weighted by Crippen LogP contribution is 2.18. The zero-order chi connectivity index (χ0) is 19.5. The molecule has 0 amide bonds. The van der Waals surface area contributed by atoms with E-state index in [0.717, 1.165) is 0 Å². The van der Waals surface area contributed by atoms with Crippen molar-refractivity contribution < 1.29 is 50.6 Å². The highest BCUT2D eigenvalue weighted by atomic mass is 32.2. The largest absolute Gasteiger partial charge is 0.477 e. The van der Waals surface area contributed by atoms with E-state index in [0.29, 0.717) is 6.26 Å². The van der Waals surface area contributed by atoms with Gasteiger partial charge in [0, 0.05) is 6.07 Å². The first kappa shape index (κ1) is 24.1. The van der Waals surface area contributed by atoms with Crippen molar-refractivity contribution >= 4 is 16.1 Å². The second-order valence-electron chi connectivity index (χ2n) is 3.55. The van der Waals surface area contributed by atoms with E-state index < -0.39 is 44.9 Å². The SMILES string of the molecule is CS(=O)(=O)O.O=C(O)c1c(F)c(F)cc(F)c1F.OCC#CCO. The molecule has 0 heterocycles. The molecule has 0 saturated carbocycles. The normalized spacial score (nSPS) is 9.50. The van der Waals surface area contributed by atoms with Crippen LogP contribution in [0.1, 0.15) is 10.4 Å². The molecule has 0 atom stereocenters. The minimum atomic E-state index is -3.67. The average molecular weight is 376 g/mol. The van der Waals surface area contributed by atoms with Gasteiger partial charge >= 0.3 is 5.97 Å². The molecule has 0 radical (unpaired) electrons. The maximum Gasteiger partial charge on any atom is 0.341 e. The quantitative estimate of drug-likeness (QED) is 0.242. The lowest BCUT2D eigenvalue weighted by Gasteiger charge is -2.01. The van der Waals surface area contributed by atoms with E-state index in [4.69, 9.17) is 19.9 Å². The molecule has 0 aliphatic carbocycles. The summed E-state index contributed by atoms with van der Waals surface area (Å²) in [6, 6.07) is -0.0584. The summed E-state index contributed by atoms with van der Waals surface area (Å²) in [6.07, 6.45) is 0.715. The lowest BCUT2D eigenvalue weighted by Crippen LogP contribution is -2.08. The Labute approximate surface area is 133 Å². The standard InChI is InChI=1S/C7H2F4O2.C4H6O2.CH4O3S/c8-2-1-3(9)6(11)4(5(2)10)7(12)13;5-3-1-2-4-6;1-5(2,3)4/h1H,(H,12,13);5-6H,3-4H2;1H3,(H,2,3,4). The van der Waals surface area contributed by atoms with Crippen LogP contribution in [0, 0.1) is 35.1 Å². The van der Waals surface area contributed by atoms with E-state index in [2.05, 4.69) is 11.8 Å². The second-order valence-corrected chi connectivity index (χ2v) is 5.02. The summed E-state index contributed by atoms with van der Waals surface area (Å²) in [7, 11) is -3.67. The first-order valence-corrected chi connectivity index (χ1v) is 7.37. The number of carbonyl (C=O) groups is 1. The summed E-state index contributed by atoms with van der Waals surface area (Å²) >= 11 is 0. The van der Waals surface area contributed by atoms with Crippen LogP contribution in [-0.2, 0) is 10.1 Å². The molecule has 1 rings (SSSR count). The predicted octanol–water partition coefficient (Wildman–Crippen LogP) is 0.420. The number of carboxylic acids is 1. The highest BCUT2D eigenvalue weighted by Gasteiger charge is 2.23. The third kappa shape index (κ3) is 11.4. The Balaban J connectivity index is 0. The highest BCUT2D eigenvalue weighted by molar-refractivity contribution is 7.85. The van der Waals surface area contributed by atoms with Gasteiger partial charge in [0.05, 0.1) is 6.26 Å². The Morgan fingerprint density at radius 3 is 1.54 bits per heavy atom. The van der Waals surface area contributed by atoms with Crippen molar-refractivity contribution in [2.75, 3.05) is 19.5 Å². The topological polar surface area (TPSA) is 132 Å². The lowest BCUT2D eigenvalue weighted by molar-refractivity contribution is 0.0683. The first-order chi connectivity index (χ1) is 10.9. The number of hydrogen-bond donors (Lipinski definition) is 4. The molecule has 0 spiro atoms. The number of hydrogen-bond acceptors (Lipinski definition) is 5. The van der Waals surface area contributed by atoms with Crippen molar-refractivity contribution in [2.45, 2.75) is 0 Å². The Morgan fingerprint density at radius 2 is 1.33 bits per heavy atom. The van der Waals surface area contributed by atoms with Gasteiger partial charge in [0.25, 0.3) is 10.1 Å². The Hall–Kier alpha value is -2.20. The smallest absolute Gasteiger partial charge is 0.341 e. The Kier molecular flexibility index (Phi) is 11.4. The van der Waals surface area contributed by atoms with Crippen molar-refractivity contribution in [3.63, 3.8) is 0 Å². The van der Waals surface area contributed by atoms with Crippen molar-refractivity contribution in [3.05, 3.63) is 34.9 Å². The number of aromatic carboxylic acids is 1. The molecule has 0 fully saturated rings. The zero-order valence-corrected chi connectivity index (χ0v) is 12.7. The van der Waals surface area contributed by atoms with Gasteiger partial charge in [0.15, 0.2) is 23.3 Å². The van der Waals surface area contributed by atoms with E-state index in [9.17, 15) is 30.8 Å². The van der Waals surface area contributed by atoms with Gasteiger partial charge in [-0.25, -0.2) is 22.4 Å². The van der Waals surface area contributed by atoms with Crippen molar-refractivity contribution in [1.29, 1.82) is 0 Å². The molecule has 0 bridgehead atoms. The van der Waals surface area contributed by atoms with Crippen molar-refractivity contribution in [1.82, 2.24) is 0 Å². The minimum absolute atomic E-state index is 0.0584. The fourth-order valence-electron chi connectivity index (χ4n) is 0.873. The van der Waals surface area contributed by atoms with E-state index in [1.807, 2.05) is 0 Å². The van der Waals surface area contributed by atoms with Crippen LogP contribution in [0.3, 0.4) is 0 Å². The minimum Gasteiger partial charge on any atom is -0.477 e. The Morgan fingerprint density at radius 1 is 1.04 bits per heavy atom. The maximum atomic E-state index is 12.5. The summed E-state index contributed by atoms with van der Waals surface area (Å²) in [5.74, 6) is -4.86. The molecule has 136 valence electrons. The van der Waals surface area contributed by atoms with Crippen LogP contribution in [0.15, 0.2) is 6.07 Å². The summed E-state index contributed by atoms with van der Waals surface area (Å²) in [4.78, 5) is 10.1. The average Bonchev–Trinajstić information content (AvgIpc) is 2.42. The molecular formula is C12H12F4O7S. The van der Waals surface area contributed by atoms with Gasteiger partial charge in [0.1, 0.15) is 18.8 Å². The molecule has 0 saturated heterocycles. The zero-order valence-electron chi connectivity index (χ0n) is 11.9. The third-order valence-corrected chi connectivity index (χ3v) is 1.61. The summed E-state index contributed by atoms with van der Waals surface area (Å²) in [6.45, 7) is -0.332. The van der Waals surface area contributed by atoms with Crippen LogP contribution in [0.25, 0.3) is 0 Å². The lowest BCUT2D eigenvalue weighted by atomic mass is 10.2. The summed E-state index contributed by atoms with van der Waals surface area (Å²) in [5, 5.41) is 24.0. The summed E-state index contributed by atoms with van der Waals surface area (Å²) in [5.41, 5.74) is -1.63. The van der Waals surface area contributed by atoms with Crippen LogP contribution >= 0.6 is 0 Å². The number of rotatable bonds is 1. The molecule has 0 aliphatic heterocycles. The number of benzene rings is 1. The maximum absolute atomic E-state index is 12.5. The van der Waals surface area contributed by atoms with Crippen LogP contribution in [0.4, 0.5) is 17.6 Å². The van der Waals surface area contributed by atoms with Gasteiger partial charge < -0.3 is 15.3 Å². The van der Waals surface area contributed by atoms with E-state index in [1.165, 1.54) is 0 Å². The molecule has 1 aromatic rings. The third-order valence-electron chi connectivity index (χ3n) is 1.61. The molecule has 4 N–H and O–H groups in total. The molecule has 1 aromatic carbocycles. The number of aliphatic hydroxyl groups is 2. The van der Waals surface area contributed by atoms with Crippen LogP contribution in [-0.4, -0.2) is 53.7 Å². The van der Waals surface area contributed by atoms with Gasteiger partial charge in [-0.3, -0.25) is 4.55 Å². The molecular weight excluding hydrogens is 364 g/mol. The molecule has 0 unspecified atom stereocenters. The summed E-state index contributed by atoms with van der Waals surface area (Å²) < 4.78 is 75.6. The van der Waals surface area contributed by atoms with E-state index in [1.54, 1.807) is 0 Å². The molecule has 7 nitrogen and oxygen atoms in total. The van der Waals surface area contributed by atoms with E-state index >= 15 is 0 Å².